The van der Waals surface area contributed by atoms with Crippen LogP contribution in [0.1, 0.15) is 12.8 Å². The standard InChI is InChI=1S/C6H12O2S.ClH/c1-8-6(7)4-3-5-9-2;/h3-5H2,1-2H3;1H. The Morgan fingerprint density at radius 1 is 1.60 bits per heavy atom. The van der Waals surface area contributed by atoms with E-state index in [0.717, 1.165) is 12.2 Å². The second-order valence-electron chi connectivity index (χ2n) is 1.67. The zero-order chi connectivity index (χ0) is 7.11. The Labute approximate surface area is 72.1 Å². The van der Waals surface area contributed by atoms with Gasteiger partial charge in [0.2, 0.25) is 0 Å². The van der Waals surface area contributed by atoms with Crippen LogP contribution in [0.15, 0.2) is 0 Å². The normalized spacial score (nSPS) is 8.20. The molecule has 0 spiro atoms. The Morgan fingerprint density at radius 2 is 2.20 bits per heavy atom. The van der Waals surface area contributed by atoms with E-state index in [9.17, 15) is 4.79 Å². The van der Waals surface area contributed by atoms with Crippen molar-refractivity contribution < 1.29 is 9.53 Å². The van der Waals surface area contributed by atoms with Crippen molar-refractivity contribution in [2.24, 2.45) is 0 Å². The Balaban J connectivity index is 0. The average Bonchev–Trinajstić information content (AvgIpc) is 1.89. The first kappa shape index (κ1) is 12.8. The molecule has 0 fully saturated rings. The summed E-state index contributed by atoms with van der Waals surface area (Å²) in [5.74, 6) is 0.929. The smallest absolute Gasteiger partial charge is 0.305 e. The maximum Gasteiger partial charge on any atom is 0.305 e. The number of esters is 1. The molecule has 62 valence electrons. The van der Waals surface area contributed by atoms with Crippen LogP contribution in [0, 0.1) is 0 Å². The fraction of sp³-hybridized carbons (Fsp3) is 0.833. The minimum absolute atomic E-state index is 0. The van der Waals surface area contributed by atoms with Crippen LogP contribution < -0.4 is 0 Å². The molecule has 0 aliphatic carbocycles. The van der Waals surface area contributed by atoms with E-state index in [1.807, 2.05) is 6.26 Å². The Morgan fingerprint density at radius 3 is 2.60 bits per heavy atom. The highest BCUT2D eigenvalue weighted by Gasteiger charge is 1.96. The molecule has 0 heterocycles. The van der Waals surface area contributed by atoms with Gasteiger partial charge < -0.3 is 4.74 Å². The van der Waals surface area contributed by atoms with Gasteiger partial charge >= 0.3 is 5.97 Å². The molecule has 0 bridgehead atoms. The molecule has 0 rings (SSSR count). The van der Waals surface area contributed by atoms with Crippen LogP contribution in [0.4, 0.5) is 0 Å². The summed E-state index contributed by atoms with van der Waals surface area (Å²) in [5.41, 5.74) is 0. The summed E-state index contributed by atoms with van der Waals surface area (Å²) in [7, 11) is 1.42. The van der Waals surface area contributed by atoms with Crippen molar-refractivity contribution in [3.63, 3.8) is 0 Å². The van der Waals surface area contributed by atoms with Gasteiger partial charge in [-0.3, -0.25) is 4.79 Å². The van der Waals surface area contributed by atoms with E-state index in [4.69, 9.17) is 0 Å². The highest BCUT2D eigenvalue weighted by molar-refractivity contribution is 7.98. The van der Waals surface area contributed by atoms with Crippen molar-refractivity contribution in [2.75, 3.05) is 19.1 Å². The molecule has 2 nitrogen and oxygen atoms in total. The fourth-order valence-electron chi connectivity index (χ4n) is 0.463. The molecule has 0 saturated heterocycles. The highest BCUT2D eigenvalue weighted by atomic mass is 35.5. The van der Waals surface area contributed by atoms with Gasteiger partial charge in [-0.15, -0.1) is 12.4 Å². The van der Waals surface area contributed by atoms with E-state index in [0.29, 0.717) is 6.42 Å². The highest BCUT2D eigenvalue weighted by Crippen LogP contribution is 1.99. The molecule has 0 aromatic rings. The summed E-state index contributed by atoms with van der Waals surface area (Å²) < 4.78 is 4.45. The third-order valence-electron chi connectivity index (χ3n) is 0.957. The van der Waals surface area contributed by atoms with Gasteiger partial charge in [-0.2, -0.15) is 11.8 Å². The lowest BCUT2D eigenvalue weighted by molar-refractivity contribution is -0.140. The lowest BCUT2D eigenvalue weighted by Gasteiger charge is -1.95. The van der Waals surface area contributed by atoms with Gasteiger partial charge in [0.1, 0.15) is 0 Å². The zero-order valence-corrected chi connectivity index (χ0v) is 7.89. The largest absolute Gasteiger partial charge is 0.469 e. The summed E-state index contributed by atoms with van der Waals surface area (Å²) in [6, 6.07) is 0. The van der Waals surface area contributed by atoms with E-state index in [2.05, 4.69) is 4.74 Å². The van der Waals surface area contributed by atoms with E-state index < -0.39 is 0 Å². The van der Waals surface area contributed by atoms with Crippen LogP contribution in [0.3, 0.4) is 0 Å². The van der Waals surface area contributed by atoms with Crippen LogP contribution in [-0.4, -0.2) is 25.1 Å². The summed E-state index contributed by atoms with van der Waals surface area (Å²) >= 11 is 1.75. The average molecular weight is 185 g/mol. The predicted octanol–water partition coefficient (Wildman–Crippen LogP) is 1.72. The van der Waals surface area contributed by atoms with Crippen LogP contribution in [0.2, 0.25) is 0 Å². The number of carbonyl (C=O) groups is 1. The van der Waals surface area contributed by atoms with Crippen molar-refractivity contribution >= 4 is 30.1 Å². The Hall–Kier alpha value is 0.110. The lowest BCUT2D eigenvalue weighted by atomic mass is 10.3. The fourth-order valence-corrected chi connectivity index (χ4v) is 0.896. The minimum atomic E-state index is -0.107. The number of carbonyl (C=O) groups excluding carboxylic acids is 1. The van der Waals surface area contributed by atoms with E-state index in [1.54, 1.807) is 11.8 Å². The van der Waals surface area contributed by atoms with Crippen LogP contribution in [0.5, 0.6) is 0 Å². The topological polar surface area (TPSA) is 26.3 Å². The second-order valence-corrected chi connectivity index (χ2v) is 2.66. The molecule has 0 radical (unpaired) electrons. The van der Waals surface area contributed by atoms with Gasteiger partial charge in [-0.1, -0.05) is 0 Å². The van der Waals surface area contributed by atoms with Gasteiger partial charge in [-0.25, -0.2) is 0 Å². The molecule has 0 aromatic heterocycles. The van der Waals surface area contributed by atoms with Crippen molar-refractivity contribution in [1.29, 1.82) is 0 Å². The molecule has 0 aliphatic rings. The number of methoxy groups -OCH3 is 1. The number of thioether (sulfide) groups is 1. The number of rotatable bonds is 4. The summed E-state index contributed by atoms with van der Waals surface area (Å²) in [6.07, 6.45) is 3.50. The third kappa shape index (κ3) is 8.11. The summed E-state index contributed by atoms with van der Waals surface area (Å²) in [4.78, 5) is 10.5. The van der Waals surface area contributed by atoms with Crippen LogP contribution in [-0.2, 0) is 9.53 Å². The molecular formula is C6H13ClO2S. The van der Waals surface area contributed by atoms with Crippen molar-refractivity contribution in [1.82, 2.24) is 0 Å². The van der Waals surface area contributed by atoms with Crippen molar-refractivity contribution in [2.45, 2.75) is 12.8 Å². The lowest BCUT2D eigenvalue weighted by Crippen LogP contribution is -1.99. The monoisotopic (exact) mass is 184 g/mol. The van der Waals surface area contributed by atoms with Crippen molar-refractivity contribution in [3.8, 4) is 0 Å². The maximum atomic E-state index is 10.5. The molecule has 0 amide bonds. The quantitative estimate of drug-likeness (QED) is 0.492. The molecule has 4 heteroatoms. The molecule has 0 unspecified atom stereocenters. The number of ether oxygens (including phenoxy) is 1. The molecule has 10 heavy (non-hydrogen) atoms. The van der Waals surface area contributed by atoms with Gasteiger partial charge in [0.05, 0.1) is 7.11 Å². The number of halogens is 1. The number of hydrogen-bond donors (Lipinski definition) is 0. The van der Waals surface area contributed by atoms with Crippen LogP contribution in [0.25, 0.3) is 0 Å². The second kappa shape index (κ2) is 9.11. The van der Waals surface area contributed by atoms with Gasteiger partial charge in [0.15, 0.2) is 0 Å². The molecule has 0 N–H and O–H groups in total. The van der Waals surface area contributed by atoms with E-state index >= 15 is 0 Å². The first-order chi connectivity index (χ1) is 4.31. The van der Waals surface area contributed by atoms with Gasteiger partial charge in [0, 0.05) is 6.42 Å². The molecular weight excluding hydrogens is 172 g/mol. The molecule has 0 aliphatic heterocycles. The minimum Gasteiger partial charge on any atom is -0.469 e. The van der Waals surface area contributed by atoms with E-state index in [-0.39, 0.29) is 18.4 Å². The Kier molecular flexibility index (Phi) is 11.6. The third-order valence-corrected chi connectivity index (χ3v) is 1.65. The molecule has 0 saturated carbocycles. The van der Waals surface area contributed by atoms with Gasteiger partial charge in [0.25, 0.3) is 0 Å². The molecule has 0 atom stereocenters. The predicted molar refractivity (Wildman–Crippen MR) is 46.9 cm³/mol. The zero-order valence-electron chi connectivity index (χ0n) is 6.25. The first-order valence-corrected chi connectivity index (χ1v) is 4.26. The SMILES string of the molecule is COC(=O)CCCSC.Cl. The van der Waals surface area contributed by atoms with E-state index in [1.165, 1.54) is 7.11 Å². The van der Waals surface area contributed by atoms with Crippen molar-refractivity contribution in [3.05, 3.63) is 0 Å². The molecule has 0 aromatic carbocycles. The summed E-state index contributed by atoms with van der Waals surface area (Å²) in [5, 5.41) is 0. The first-order valence-electron chi connectivity index (χ1n) is 2.87. The van der Waals surface area contributed by atoms with Gasteiger partial charge in [-0.05, 0) is 18.4 Å². The summed E-state index contributed by atoms with van der Waals surface area (Å²) in [6.45, 7) is 0. The maximum absolute atomic E-state index is 10.5. The Bertz CT molecular complexity index is 87.8. The van der Waals surface area contributed by atoms with Crippen LogP contribution >= 0.6 is 24.2 Å². The number of hydrogen-bond acceptors (Lipinski definition) is 3.